The lowest BCUT2D eigenvalue weighted by Gasteiger charge is -2.30. The van der Waals surface area contributed by atoms with Crippen molar-refractivity contribution in [3.8, 4) is 21.7 Å². The van der Waals surface area contributed by atoms with Crippen LogP contribution in [0.3, 0.4) is 0 Å². The largest absolute Gasteiger partial charge is 0.510 e. The third-order valence-electron chi connectivity index (χ3n) is 6.11. The molecule has 3 aromatic heterocycles. The van der Waals surface area contributed by atoms with Crippen LogP contribution in [0.4, 0.5) is 4.39 Å². The van der Waals surface area contributed by atoms with Crippen molar-refractivity contribution >= 4 is 44.2 Å². The number of pyridine rings is 1. The van der Waals surface area contributed by atoms with E-state index in [0.717, 1.165) is 43.0 Å². The number of ether oxygens (including phenoxy) is 1. The van der Waals surface area contributed by atoms with Crippen LogP contribution in [0, 0.1) is 12.7 Å². The Hall–Kier alpha value is -3.26. The van der Waals surface area contributed by atoms with Gasteiger partial charge in [-0.25, -0.2) is 14.4 Å². The summed E-state index contributed by atoms with van der Waals surface area (Å²) < 4.78 is 23.2. The number of benzene rings is 2. The van der Waals surface area contributed by atoms with Crippen molar-refractivity contribution in [1.82, 2.24) is 14.5 Å². The fraction of sp³-hybridized carbons (Fsp3) is 0.241. The van der Waals surface area contributed by atoms with Crippen LogP contribution < -0.4 is 0 Å². The molecule has 0 unspecified atom stereocenters. The quantitative estimate of drug-likeness (QED) is 0.229. The average molecular weight is 536 g/mol. The Bertz CT molecular complexity index is 1670. The highest BCUT2D eigenvalue weighted by Crippen LogP contribution is 2.46. The molecule has 0 aliphatic rings. The number of aromatic nitrogens is 3. The smallest absolute Gasteiger partial charge is 0.142 e. The zero-order valence-corrected chi connectivity index (χ0v) is 22.8. The summed E-state index contributed by atoms with van der Waals surface area (Å²) in [6.45, 7) is 11.6. The first-order valence-electron chi connectivity index (χ1n) is 11.8. The van der Waals surface area contributed by atoms with Gasteiger partial charge in [0.25, 0.3) is 0 Å². The first kappa shape index (κ1) is 25.4. The van der Waals surface area contributed by atoms with Gasteiger partial charge in [-0.2, -0.15) is 0 Å². The fourth-order valence-corrected chi connectivity index (χ4v) is 5.90. The number of fused-ring (bicyclic) bond motifs is 2. The number of rotatable bonds is 5. The number of aliphatic hydroxyl groups is 1. The van der Waals surface area contributed by atoms with Gasteiger partial charge in [0, 0.05) is 40.3 Å². The Kier molecular flexibility index (Phi) is 6.34. The van der Waals surface area contributed by atoms with E-state index in [1.54, 1.807) is 0 Å². The van der Waals surface area contributed by atoms with Crippen LogP contribution in [0.5, 0.6) is 0 Å². The molecule has 190 valence electrons. The van der Waals surface area contributed by atoms with E-state index in [-0.39, 0.29) is 5.76 Å². The van der Waals surface area contributed by atoms with Crippen LogP contribution in [-0.2, 0) is 11.8 Å². The van der Waals surface area contributed by atoms with Gasteiger partial charge in [-0.05, 0) is 63.1 Å². The molecule has 3 heterocycles. The minimum Gasteiger partial charge on any atom is -0.510 e. The second kappa shape index (κ2) is 9.24. The molecule has 0 aliphatic carbocycles. The molecule has 8 heteroatoms. The first-order valence-corrected chi connectivity index (χ1v) is 13.0. The molecule has 0 bridgehead atoms. The zero-order chi connectivity index (χ0) is 26.6. The molecule has 5 aromatic rings. The van der Waals surface area contributed by atoms with Crippen molar-refractivity contribution in [3.63, 3.8) is 0 Å². The van der Waals surface area contributed by atoms with Crippen molar-refractivity contribution in [1.29, 1.82) is 0 Å². The molecule has 0 amide bonds. The maximum atomic E-state index is 14.1. The molecule has 1 atom stereocenters. The van der Waals surface area contributed by atoms with Gasteiger partial charge in [0.15, 0.2) is 0 Å². The zero-order valence-electron chi connectivity index (χ0n) is 21.3. The van der Waals surface area contributed by atoms with E-state index in [9.17, 15) is 9.50 Å². The lowest BCUT2D eigenvalue weighted by atomic mass is 9.90. The van der Waals surface area contributed by atoms with Crippen LogP contribution in [0.1, 0.15) is 38.0 Å². The van der Waals surface area contributed by atoms with Crippen molar-refractivity contribution < 1.29 is 14.2 Å². The van der Waals surface area contributed by atoms with Crippen LogP contribution in [0.25, 0.3) is 42.9 Å². The Morgan fingerprint density at radius 3 is 2.57 bits per heavy atom. The molecule has 0 spiro atoms. The van der Waals surface area contributed by atoms with Gasteiger partial charge >= 0.3 is 0 Å². The number of aliphatic hydroxyl groups excluding tert-OH is 1. The summed E-state index contributed by atoms with van der Waals surface area (Å²) in [5.41, 5.74) is 5.28. The number of hydrogen-bond donors (Lipinski definition) is 1. The topological polar surface area (TPSA) is 60.2 Å². The van der Waals surface area contributed by atoms with E-state index in [1.807, 2.05) is 75.8 Å². The molecule has 5 nitrogen and oxygen atoms in total. The van der Waals surface area contributed by atoms with Crippen LogP contribution in [0.15, 0.2) is 61.1 Å². The summed E-state index contributed by atoms with van der Waals surface area (Å²) in [5.74, 6) is -0.474. The monoisotopic (exact) mass is 535 g/mol. The number of hydrogen-bond acceptors (Lipinski definition) is 5. The van der Waals surface area contributed by atoms with E-state index >= 15 is 0 Å². The second-order valence-corrected chi connectivity index (χ2v) is 11.6. The van der Waals surface area contributed by atoms with Gasteiger partial charge < -0.3 is 14.4 Å². The summed E-state index contributed by atoms with van der Waals surface area (Å²) in [6.07, 6.45) is 2.39. The Morgan fingerprint density at radius 1 is 1.22 bits per heavy atom. The van der Waals surface area contributed by atoms with E-state index < -0.39 is 17.5 Å². The normalized spacial score (nSPS) is 12.9. The Labute approximate surface area is 223 Å². The van der Waals surface area contributed by atoms with Crippen molar-refractivity contribution in [2.75, 3.05) is 0 Å². The fourth-order valence-electron chi connectivity index (χ4n) is 4.62. The summed E-state index contributed by atoms with van der Waals surface area (Å²) in [6, 6.07) is 11.1. The van der Waals surface area contributed by atoms with Gasteiger partial charge in [0.2, 0.25) is 0 Å². The average Bonchev–Trinajstić information content (AvgIpc) is 3.37. The highest BCUT2D eigenvalue weighted by atomic mass is 35.5. The van der Waals surface area contributed by atoms with Crippen molar-refractivity contribution in [3.05, 3.63) is 83.1 Å². The van der Waals surface area contributed by atoms with Gasteiger partial charge in [-0.3, -0.25) is 0 Å². The van der Waals surface area contributed by atoms with Gasteiger partial charge in [0.1, 0.15) is 28.3 Å². The minimum atomic E-state index is -0.753. The summed E-state index contributed by atoms with van der Waals surface area (Å²) in [4.78, 5) is 9.22. The molecular weight excluding hydrogens is 509 g/mol. The molecule has 5 rings (SSSR count). The number of thiazole rings is 1. The predicted octanol–water partition coefficient (Wildman–Crippen LogP) is 8.55. The van der Waals surface area contributed by atoms with Gasteiger partial charge in [-0.1, -0.05) is 30.3 Å². The van der Waals surface area contributed by atoms with E-state index in [4.69, 9.17) is 21.3 Å². The minimum absolute atomic E-state index is 0.0760. The Balaban J connectivity index is 1.83. The van der Waals surface area contributed by atoms with Crippen molar-refractivity contribution in [2.45, 2.75) is 39.4 Å². The number of aryl methyl sites for hydroxylation is 2. The maximum Gasteiger partial charge on any atom is 0.142 e. The summed E-state index contributed by atoms with van der Waals surface area (Å²) >= 11 is 7.72. The third-order valence-corrected chi connectivity index (χ3v) is 7.48. The summed E-state index contributed by atoms with van der Waals surface area (Å²) in [5, 5.41) is 12.7. The molecule has 37 heavy (non-hydrogen) atoms. The second-order valence-electron chi connectivity index (χ2n) is 10.1. The molecule has 0 aliphatic heterocycles. The molecule has 0 saturated heterocycles. The SMILES string of the molecule is C=C(O)[C@@H](OC(C)(C)C)c1c(C)cc2nc(-c3cn(C)c4ncc(F)cc34)sc2c1-c1ccc(Cl)cc1. The third kappa shape index (κ3) is 4.75. The summed E-state index contributed by atoms with van der Waals surface area (Å²) in [7, 11) is 1.88. The lowest BCUT2D eigenvalue weighted by molar-refractivity contribution is -0.0594. The molecule has 0 saturated carbocycles. The standard InChI is InChI=1S/C29H27ClFN3O2S/c1-15-11-22-26(37-28(33-22)21-14-34(6)27-20(21)12-19(31)13-32-27)24(17-7-9-18(30)10-8-17)23(15)25(16(2)35)36-29(3,4)5/h7-14,25,35H,2H2,1,3-6H3/t25-/m1/s1. The van der Waals surface area contributed by atoms with E-state index in [1.165, 1.54) is 23.6 Å². The first-order chi connectivity index (χ1) is 17.4. The number of nitrogens with zero attached hydrogens (tertiary/aromatic N) is 3. The van der Waals surface area contributed by atoms with Crippen LogP contribution in [0.2, 0.25) is 5.02 Å². The van der Waals surface area contributed by atoms with Gasteiger partial charge in [-0.15, -0.1) is 11.3 Å². The van der Waals surface area contributed by atoms with Crippen LogP contribution in [-0.4, -0.2) is 25.2 Å². The van der Waals surface area contributed by atoms with E-state index in [2.05, 4.69) is 11.6 Å². The van der Waals surface area contributed by atoms with E-state index in [0.29, 0.717) is 16.1 Å². The molecule has 2 aromatic carbocycles. The van der Waals surface area contributed by atoms with Crippen LogP contribution >= 0.6 is 22.9 Å². The predicted molar refractivity (Wildman–Crippen MR) is 150 cm³/mol. The lowest BCUT2D eigenvalue weighted by Crippen LogP contribution is -2.24. The maximum absolute atomic E-state index is 14.1. The molecule has 0 radical (unpaired) electrons. The van der Waals surface area contributed by atoms with Crippen molar-refractivity contribution in [2.24, 2.45) is 7.05 Å². The van der Waals surface area contributed by atoms with Gasteiger partial charge in [0.05, 0.1) is 22.0 Å². The molecular formula is C29H27ClFN3O2S. The highest BCUT2D eigenvalue weighted by Gasteiger charge is 2.30. The Morgan fingerprint density at radius 2 is 1.92 bits per heavy atom. The number of halogens is 2. The highest BCUT2D eigenvalue weighted by molar-refractivity contribution is 7.22. The molecule has 1 N–H and O–H groups in total. The molecule has 0 fully saturated rings.